The molecule has 1 aromatic rings. The molecule has 0 aliphatic carbocycles. The number of nitrogens with one attached hydrogen (secondary N) is 1. The lowest BCUT2D eigenvalue weighted by Crippen LogP contribution is -2.15. The minimum atomic E-state index is -4.18. The van der Waals surface area contributed by atoms with E-state index in [0.717, 1.165) is 0 Å². The van der Waals surface area contributed by atoms with E-state index >= 15 is 0 Å². The van der Waals surface area contributed by atoms with E-state index in [1.807, 2.05) is 6.92 Å². The zero-order chi connectivity index (χ0) is 16.0. The molecule has 0 aromatic carbocycles. The first kappa shape index (κ1) is 17.3. The fourth-order valence-corrected chi connectivity index (χ4v) is 1.91. The lowest BCUT2D eigenvalue weighted by Gasteiger charge is -2.09. The van der Waals surface area contributed by atoms with Gasteiger partial charge in [0.25, 0.3) is 0 Å². The summed E-state index contributed by atoms with van der Waals surface area (Å²) in [5.41, 5.74) is 0.237. The number of esters is 1. The molecule has 0 aliphatic heterocycles. The molecule has 0 aliphatic rings. The first-order chi connectivity index (χ1) is 9.80. The lowest BCUT2D eigenvalue weighted by molar-refractivity contribution is -0.134. The van der Waals surface area contributed by atoms with Crippen LogP contribution in [-0.2, 0) is 18.2 Å². The smallest absolute Gasteiger partial charge is 0.389 e. The molecule has 0 bridgehead atoms. The van der Waals surface area contributed by atoms with Crippen LogP contribution in [0, 0.1) is 0 Å². The average Bonchev–Trinajstić information content (AvgIpc) is 2.70. The molecule has 0 saturated heterocycles. The Labute approximate surface area is 121 Å². The number of hydrogen-bond acceptors (Lipinski definition) is 4. The van der Waals surface area contributed by atoms with Gasteiger partial charge in [0.05, 0.1) is 6.61 Å². The molecule has 8 heteroatoms. The summed E-state index contributed by atoms with van der Waals surface area (Å²) in [4.78, 5) is 16.1. The third-order valence-electron chi connectivity index (χ3n) is 2.90. The number of rotatable bonds is 7. The summed E-state index contributed by atoms with van der Waals surface area (Å²) in [6.07, 6.45) is -4.52. The number of aromatic nitrogens is 2. The van der Waals surface area contributed by atoms with Crippen LogP contribution in [0.4, 0.5) is 19.0 Å². The normalized spacial score (nSPS) is 11.5. The molecule has 0 spiro atoms. The van der Waals surface area contributed by atoms with Gasteiger partial charge in [0.1, 0.15) is 5.82 Å². The van der Waals surface area contributed by atoms with Gasteiger partial charge >= 0.3 is 12.1 Å². The van der Waals surface area contributed by atoms with Crippen molar-refractivity contribution in [2.24, 2.45) is 7.05 Å². The van der Waals surface area contributed by atoms with Crippen molar-refractivity contribution < 1.29 is 22.7 Å². The van der Waals surface area contributed by atoms with Crippen LogP contribution in [-0.4, -0.2) is 34.8 Å². The van der Waals surface area contributed by atoms with Crippen LogP contribution in [0.25, 0.3) is 0 Å². The summed E-state index contributed by atoms with van der Waals surface area (Å²) in [7, 11) is 1.68. The van der Waals surface area contributed by atoms with Gasteiger partial charge in [-0.2, -0.15) is 13.2 Å². The third-order valence-corrected chi connectivity index (χ3v) is 2.90. The molecule has 120 valence electrons. The summed E-state index contributed by atoms with van der Waals surface area (Å²) >= 11 is 0. The topological polar surface area (TPSA) is 56.1 Å². The Morgan fingerprint density at radius 2 is 2.05 bits per heavy atom. The molecule has 0 atom stereocenters. The molecule has 1 rings (SSSR count). The van der Waals surface area contributed by atoms with E-state index in [2.05, 4.69) is 10.3 Å². The Morgan fingerprint density at radius 3 is 2.57 bits per heavy atom. The number of imidazole rings is 1. The minimum Gasteiger partial charge on any atom is -0.461 e. The largest absolute Gasteiger partial charge is 0.461 e. The van der Waals surface area contributed by atoms with Crippen molar-refractivity contribution in [3.63, 3.8) is 0 Å². The van der Waals surface area contributed by atoms with E-state index < -0.39 is 18.6 Å². The van der Waals surface area contributed by atoms with Crippen molar-refractivity contribution in [2.75, 3.05) is 18.5 Å². The highest BCUT2D eigenvalue weighted by Crippen LogP contribution is 2.22. The number of nitrogens with zero attached hydrogens (tertiary/aromatic N) is 2. The second-order valence-corrected chi connectivity index (χ2v) is 4.50. The van der Waals surface area contributed by atoms with E-state index in [0.29, 0.717) is 12.2 Å². The number of alkyl halides is 3. The third kappa shape index (κ3) is 4.95. The number of ether oxygens (including phenoxy) is 1. The van der Waals surface area contributed by atoms with E-state index in [1.54, 1.807) is 18.5 Å². The fourth-order valence-electron chi connectivity index (χ4n) is 1.91. The summed E-state index contributed by atoms with van der Waals surface area (Å²) < 4.78 is 42.8. The highest BCUT2D eigenvalue weighted by Gasteiger charge is 2.26. The van der Waals surface area contributed by atoms with Crippen LogP contribution < -0.4 is 5.32 Å². The van der Waals surface area contributed by atoms with Gasteiger partial charge in [-0.25, -0.2) is 9.78 Å². The van der Waals surface area contributed by atoms with Gasteiger partial charge in [0, 0.05) is 26.4 Å². The molecular weight excluding hydrogens is 287 g/mol. The number of aryl methyl sites for hydroxylation is 1. The lowest BCUT2D eigenvalue weighted by atomic mass is 10.3. The monoisotopic (exact) mass is 307 g/mol. The maximum absolute atomic E-state index is 12.1. The zero-order valence-corrected chi connectivity index (χ0v) is 12.4. The maximum Gasteiger partial charge on any atom is 0.389 e. The summed E-state index contributed by atoms with van der Waals surface area (Å²) in [6.45, 7) is 3.88. The molecule has 5 nitrogen and oxygen atoms in total. The Morgan fingerprint density at radius 1 is 1.38 bits per heavy atom. The second kappa shape index (κ2) is 7.33. The molecule has 0 fully saturated rings. The van der Waals surface area contributed by atoms with E-state index in [1.165, 1.54) is 0 Å². The summed E-state index contributed by atoms with van der Waals surface area (Å²) in [6, 6.07) is 0. The molecule has 21 heavy (non-hydrogen) atoms. The Balaban J connectivity index is 2.78. The molecule has 1 N–H and O–H groups in total. The Hall–Kier alpha value is -1.73. The van der Waals surface area contributed by atoms with Gasteiger partial charge in [-0.05, 0) is 13.3 Å². The highest BCUT2D eigenvalue weighted by atomic mass is 19.4. The number of carbonyl (C=O) groups excluding carboxylic acids is 1. The first-order valence-corrected chi connectivity index (χ1v) is 6.83. The minimum absolute atomic E-state index is 0.0796. The first-order valence-electron chi connectivity index (χ1n) is 6.83. The molecule has 0 unspecified atom stereocenters. The number of hydrogen-bond donors (Lipinski definition) is 1. The van der Waals surface area contributed by atoms with Gasteiger partial charge in [0.2, 0.25) is 0 Å². The summed E-state index contributed by atoms with van der Waals surface area (Å²) in [5, 5.41) is 2.79. The van der Waals surface area contributed by atoms with E-state index in [9.17, 15) is 18.0 Å². The van der Waals surface area contributed by atoms with Gasteiger partial charge in [-0.1, -0.05) is 6.92 Å². The van der Waals surface area contributed by atoms with Crippen molar-refractivity contribution in [3.8, 4) is 0 Å². The van der Waals surface area contributed by atoms with Crippen LogP contribution in [0.1, 0.15) is 43.0 Å². The van der Waals surface area contributed by atoms with Crippen molar-refractivity contribution in [3.05, 3.63) is 11.5 Å². The number of halogens is 3. The van der Waals surface area contributed by atoms with Crippen molar-refractivity contribution in [2.45, 2.75) is 39.3 Å². The molecular formula is C13H20F3N3O2. The quantitative estimate of drug-likeness (QED) is 0.621. The fraction of sp³-hybridized carbons (Fsp3) is 0.692. The van der Waals surface area contributed by atoms with Crippen LogP contribution >= 0.6 is 0 Å². The van der Waals surface area contributed by atoms with Crippen LogP contribution in [0.2, 0.25) is 0 Å². The molecule has 1 heterocycles. The average molecular weight is 307 g/mol. The predicted molar refractivity (Wildman–Crippen MR) is 72.3 cm³/mol. The molecule has 0 saturated carbocycles. The SMILES string of the molecule is CCOC(=O)c1c(NCCCC(F)(F)F)nc(CC)n1C. The Bertz CT molecular complexity index is 484. The standard InChI is InChI=1S/C13H20F3N3O2/c1-4-9-18-11(17-8-6-7-13(14,15)16)10(19(9)3)12(20)21-5-2/h17H,4-8H2,1-3H3. The van der Waals surface area contributed by atoms with E-state index in [4.69, 9.17) is 4.74 Å². The zero-order valence-electron chi connectivity index (χ0n) is 12.4. The van der Waals surface area contributed by atoms with Gasteiger partial charge in [-0.15, -0.1) is 0 Å². The maximum atomic E-state index is 12.1. The second-order valence-electron chi connectivity index (χ2n) is 4.50. The highest BCUT2D eigenvalue weighted by molar-refractivity contribution is 5.93. The van der Waals surface area contributed by atoms with Crippen LogP contribution in [0.5, 0.6) is 0 Å². The number of anilines is 1. The van der Waals surface area contributed by atoms with Crippen molar-refractivity contribution in [1.82, 2.24) is 9.55 Å². The predicted octanol–water partition coefficient (Wildman–Crippen LogP) is 2.91. The van der Waals surface area contributed by atoms with E-state index in [-0.39, 0.29) is 31.1 Å². The molecule has 0 amide bonds. The van der Waals surface area contributed by atoms with Crippen molar-refractivity contribution in [1.29, 1.82) is 0 Å². The molecule has 0 radical (unpaired) electrons. The summed E-state index contributed by atoms with van der Waals surface area (Å²) in [5.74, 6) is 0.400. The van der Waals surface area contributed by atoms with Crippen molar-refractivity contribution >= 4 is 11.8 Å². The van der Waals surface area contributed by atoms with Gasteiger partial charge in [0.15, 0.2) is 11.5 Å². The molecule has 1 aromatic heterocycles. The number of carbonyl (C=O) groups is 1. The Kier molecular flexibility index (Phi) is 6.04. The van der Waals surface area contributed by atoms with Crippen LogP contribution in [0.3, 0.4) is 0 Å². The van der Waals surface area contributed by atoms with Gasteiger partial charge < -0.3 is 14.6 Å². The van der Waals surface area contributed by atoms with Crippen LogP contribution in [0.15, 0.2) is 0 Å². The van der Waals surface area contributed by atoms with Gasteiger partial charge in [-0.3, -0.25) is 0 Å².